The highest BCUT2D eigenvalue weighted by Gasteiger charge is 2.34. The van der Waals surface area contributed by atoms with Crippen molar-refractivity contribution in [2.24, 2.45) is 5.92 Å². The van der Waals surface area contributed by atoms with Crippen LogP contribution in [-0.2, 0) is 14.8 Å². The van der Waals surface area contributed by atoms with Gasteiger partial charge in [0.25, 0.3) is 0 Å². The van der Waals surface area contributed by atoms with Gasteiger partial charge in [-0.3, -0.25) is 9.78 Å². The Labute approximate surface area is 167 Å². The molecule has 0 radical (unpaired) electrons. The minimum atomic E-state index is -3.37. The number of rotatable bonds is 4. The van der Waals surface area contributed by atoms with Crippen molar-refractivity contribution >= 4 is 32.5 Å². The number of fused-ring (bicyclic) bond motifs is 1. The minimum absolute atomic E-state index is 0.00659. The van der Waals surface area contributed by atoms with Crippen LogP contribution < -0.4 is 10.0 Å². The maximum Gasteiger partial charge on any atom is 0.227 e. The van der Waals surface area contributed by atoms with E-state index in [1.165, 1.54) is 0 Å². The molecule has 3 rings (SSSR count). The van der Waals surface area contributed by atoms with Gasteiger partial charge in [-0.05, 0) is 65.5 Å². The Kier molecular flexibility index (Phi) is 5.77. The number of pyridine rings is 1. The van der Waals surface area contributed by atoms with Crippen molar-refractivity contribution in [1.82, 2.24) is 9.71 Å². The summed E-state index contributed by atoms with van der Waals surface area (Å²) in [6, 6.07) is 9.54. The third kappa shape index (κ3) is 4.52. The first-order valence-electron chi connectivity index (χ1n) is 9.76. The van der Waals surface area contributed by atoms with E-state index in [9.17, 15) is 13.2 Å². The van der Waals surface area contributed by atoms with E-state index in [-0.39, 0.29) is 17.9 Å². The first kappa shape index (κ1) is 20.7. The fourth-order valence-corrected chi connectivity index (χ4v) is 4.54. The Morgan fingerprint density at radius 1 is 1.11 bits per heavy atom. The summed E-state index contributed by atoms with van der Waals surface area (Å²) in [4.78, 5) is 17.3. The number of carbonyl (C=O) groups is 1. The van der Waals surface area contributed by atoms with E-state index in [0.29, 0.717) is 25.7 Å². The molecule has 1 aliphatic rings. The lowest BCUT2D eigenvalue weighted by molar-refractivity contribution is -0.120. The van der Waals surface area contributed by atoms with E-state index >= 15 is 0 Å². The molecule has 2 N–H and O–H groups in total. The monoisotopic (exact) mass is 403 g/mol. The van der Waals surface area contributed by atoms with Gasteiger partial charge in [0.05, 0.1) is 16.0 Å². The van der Waals surface area contributed by atoms with Gasteiger partial charge in [0, 0.05) is 23.0 Å². The number of amides is 1. The van der Waals surface area contributed by atoms with Crippen LogP contribution in [0.2, 0.25) is 0 Å². The summed E-state index contributed by atoms with van der Waals surface area (Å²) < 4.78 is 26.7. The zero-order valence-corrected chi connectivity index (χ0v) is 17.8. The molecule has 1 aromatic heterocycles. The lowest BCUT2D eigenvalue weighted by Gasteiger charge is -2.30. The standard InChI is InChI=1S/C21H29N3O3S/c1-14-13-19(17-7-5-6-8-18(17)22-14)23-20(25)15-9-11-16(12-10-15)24-28(26,27)21(2,3)4/h5-8,13,15-16,24H,9-12H2,1-4H3,(H,22,23,25). The van der Waals surface area contributed by atoms with Crippen molar-refractivity contribution in [3.05, 3.63) is 36.0 Å². The summed E-state index contributed by atoms with van der Waals surface area (Å²) in [5.74, 6) is -0.115. The molecule has 28 heavy (non-hydrogen) atoms. The number of aryl methyl sites for hydroxylation is 1. The van der Waals surface area contributed by atoms with Gasteiger partial charge in [0.2, 0.25) is 15.9 Å². The average Bonchev–Trinajstić information content (AvgIpc) is 2.61. The van der Waals surface area contributed by atoms with Crippen LogP contribution in [0.5, 0.6) is 0 Å². The molecule has 0 aliphatic heterocycles. The summed E-state index contributed by atoms with van der Waals surface area (Å²) in [6.45, 7) is 6.98. The van der Waals surface area contributed by atoms with Gasteiger partial charge < -0.3 is 5.32 Å². The second kappa shape index (κ2) is 7.79. The third-order valence-corrected chi connectivity index (χ3v) is 7.58. The molecule has 152 valence electrons. The van der Waals surface area contributed by atoms with Crippen LogP contribution >= 0.6 is 0 Å². The Bertz CT molecular complexity index is 972. The Morgan fingerprint density at radius 3 is 2.39 bits per heavy atom. The van der Waals surface area contributed by atoms with Crippen LogP contribution in [0.4, 0.5) is 5.69 Å². The maximum atomic E-state index is 12.8. The first-order valence-corrected chi connectivity index (χ1v) is 11.2. The predicted octanol–water partition coefficient (Wildman–Crippen LogP) is 3.76. The van der Waals surface area contributed by atoms with Crippen molar-refractivity contribution in [2.75, 3.05) is 5.32 Å². The number of nitrogens with zero attached hydrogens (tertiary/aromatic N) is 1. The van der Waals surface area contributed by atoms with E-state index in [4.69, 9.17) is 0 Å². The molecule has 1 saturated carbocycles. The van der Waals surface area contributed by atoms with Crippen molar-refractivity contribution in [3.63, 3.8) is 0 Å². The highest BCUT2D eigenvalue weighted by Crippen LogP contribution is 2.29. The van der Waals surface area contributed by atoms with Crippen LogP contribution in [-0.4, -0.2) is 30.1 Å². The number of hydrogen-bond donors (Lipinski definition) is 2. The fourth-order valence-electron chi connectivity index (χ4n) is 3.52. The topological polar surface area (TPSA) is 88.2 Å². The Hall–Kier alpha value is -1.99. The number of para-hydroxylation sites is 1. The van der Waals surface area contributed by atoms with E-state index < -0.39 is 14.8 Å². The number of sulfonamides is 1. The molecular formula is C21H29N3O3S. The highest BCUT2D eigenvalue weighted by molar-refractivity contribution is 7.90. The van der Waals surface area contributed by atoms with E-state index in [1.807, 2.05) is 37.3 Å². The Balaban J connectivity index is 1.64. The molecule has 1 aliphatic carbocycles. The Morgan fingerprint density at radius 2 is 1.75 bits per heavy atom. The number of carbonyl (C=O) groups excluding carboxylic acids is 1. The van der Waals surface area contributed by atoms with E-state index in [1.54, 1.807) is 20.8 Å². The fraction of sp³-hybridized carbons (Fsp3) is 0.524. The molecule has 0 spiro atoms. The zero-order chi connectivity index (χ0) is 20.5. The van der Waals surface area contributed by atoms with Crippen LogP contribution in [0.3, 0.4) is 0 Å². The van der Waals surface area contributed by atoms with Crippen LogP contribution in [0.15, 0.2) is 30.3 Å². The van der Waals surface area contributed by atoms with Crippen LogP contribution in [0.1, 0.15) is 52.1 Å². The summed E-state index contributed by atoms with van der Waals surface area (Å²) in [5.41, 5.74) is 2.50. The summed E-state index contributed by atoms with van der Waals surface area (Å²) in [5, 5.41) is 3.99. The van der Waals surface area contributed by atoms with Gasteiger partial charge in [-0.25, -0.2) is 13.1 Å². The largest absolute Gasteiger partial charge is 0.325 e. The van der Waals surface area contributed by atoms with Gasteiger partial charge in [-0.2, -0.15) is 0 Å². The molecule has 0 bridgehead atoms. The van der Waals surface area contributed by atoms with Gasteiger partial charge in [0.1, 0.15) is 0 Å². The smallest absolute Gasteiger partial charge is 0.227 e. The molecular weight excluding hydrogens is 374 g/mol. The van der Waals surface area contributed by atoms with Crippen molar-refractivity contribution in [3.8, 4) is 0 Å². The molecule has 0 saturated heterocycles. The summed E-state index contributed by atoms with van der Waals surface area (Å²) in [6.07, 6.45) is 2.68. The lowest BCUT2D eigenvalue weighted by Crippen LogP contribution is -2.46. The van der Waals surface area contributed by atoms with Crippen molar-refractivity contribution in [2.45, 2.75) is 64.2 Å². The molecule has 0 unspecified atom stereocenters. The quantitative estimate of drug-likeness (QED) is 0.814. The van der Waals surface area contributed by atoms with Gasteiger partial charge >= 0.3 is 0 Å². The van der Waals surface area contributed by atoms with Gasteiger partial charge in [-0.1, -0.05) is 18.2 Å². The third-order valence-electron chi connectivity index (χ3n) is 5.33. The maximum absolute atomic E-state index is 12.8. The second-order valence-corrected chi connectivity index (χ2v) is 11.1. The number of hydrogen-bond acceptors (Lipinski definition) is 4. The molecule has 1 amide bonds. The molecule has 2 aromatic rings. The highest BCUT2D eigenvalue weighted by atomic mass is 32.2. The second-order valence-electron chi connectivity index (χ2n) is 8.60. The number of aromatic nitrogens is 1. The van der Waals surface area contributed by atoms with Crippen molar-refractivity contribution < 1.29 is 13.2 Å². The SMILES string of the molecule is Cc1cc(NC(=O)C2CCC(NS(=O)(=O)C(C)(C)C)CC2)c2ccccc2n1. The molecule has 6 nitrogen and oxygen atoms in total. The van der Waals surface area contributed by atoms with E-state index in [0.717, 1.165) is 22.3 Å². The van der Waals surface area contributed by atoms with Gasteiger partial charge in [-0.15, -0.1) is 0 Å². The molecule has 1 heterocycles. The number of benzene rings is 1. The molecule has 1 fully saturated rings. The van der Waals surface area contributed by atoms with E-state index in [2.05, 4.69) is 15.0 Å². The van der Waals surface area contributed by atoms with Crippen molar-refractivity contribution in [1.29, 1.82) is 0 Å². The van der Waals surface area contributed by atoms with Gasteiger partial charge in [0.15, 0.2) is 0 Å². The number of nitrogens with one attached hydrogen (secondary N) is 2. The normalized spacial score (nSPS) is 20.9. The molecule has 0 atom stereocenters. The predicted molar refractivity (Wildman–Crippen MR) is 113 cm³/mol. The summed E-state index contributed by atoms with van der Waals surface area (Å²) in [7, 11) is -3.37. The van der Waals surface area contributed by atoms with Crippen LogP contribution in [0, 0.1) is 12.8 Å². The first-order chi connectivity index (χ1) is 13.1. The average molecular weight is 404 g/mol. The molecule has 7 heteroatoms. The molecule has 1 aromatic carbocycles. The lowest BCUT2D eigenvalue weighted by atomic mass is 9.86. The minimum Gasteiger partial charge on any atom is -0.325 e. The van der Waals surface area contributed by atoms with Crippen LogP contribution in [0.25, 0.3) is 10.9 Å². The zero-order valence-electron chi connectivity index (χ0n) is 17.0. The number of anilines is 1. The summed E-state index contributed by atoms with van der Waals surface area (Å²) >= 11 is 0.